The molecule has 0 unspecified atom stereocenters. The first-order valence-electron chi connectivity index (χ1n) is 7.76. The molecule has 0 spiro atoms. The molecule has 0 fully saturated rings. The summed E-state index contributed by atoms with van der Waals surface area (Å²) in [6, 6.07) is 12.5. The molecule has 1 N–H and O–H groups in total. The molecule has 0 saturated heterocycles. The standard InChI is InChI=1S/C18H21FN2O3S/c1-13-7-9-15(10-8-13)14(2)20-18(22)12-21(25(3,23)24)17-6-4-5-16(19)11-17/h4-11,14H,12H2,1-3H3,(H,20,22)/t14-/m1/s1. The quantitative estimate of drug-likeness (QED) is 0.857. The molecule has 0 aliphatic rings. The second kappa shape index (κ2) is 7.65. The SMILES string of the molecule is Cc1ccc([C@@H](C)NC(=O)CN(c2cccc(F)c2)S(C)(=O)=O)cc1. The van der Waals surface area contributed by atoms with Crippen molar-refractivity contribution in [1.29, 1.82) is 0 Å². The number of hydrogen-bond acceptors (Lipinski definition) is 3. The maximum atomic E-state index is 13.4. The Morgan fingerprint density at radius 1 is 1.20 bits per heavy atom. The summed E-state index contributed by atoms with van der Waals surface area (Å²) >= 11 is 0. The van der Waals surface area contributed by atoms with Crippen LogP contribution in [0.15, 0.2) is 48.5 Å². The fourth-order valence-electron chi connectivity index (χ4n) is 2.39. The van der Waals surface area contributed by atoms with Crippen molar-refractivity contribution >= 4 is 21.6 Å². The summed E-state index contributed by atoms with van der Waals surface area (Å²) in [5.41, 5.74) is 2.13. The maximum absolute atomic E-state index is 13.4. The molecular weight excluding hydrogens is 343 g/mol. The Morgan fingerprint density at radius 2 is 1.84 bits per heavy atom. The third-order valence-electron chi connectivity index (χ3n) is 3.74. The molecule has 2 aromatic carbocycles. The predicted molar refractivity (Wildman–Crippen MR) is 96.3 cm³/mol. The van der Waals surface area contributed by atoms with Gasteiger partial charge in [0.05, 0.1) is 18.0 Å². The molecule has 0 bridgehead atoms. The highest BCUT2D eigenvalue weighted by atomic mass is 32.2. The lowest BCUT2D eigenvalue weighted by Gasteiger charge is -2.23. The number of rotatable bonds is 6. The number of hydrogen-bond donors (Lipinski definition) is 1. The van der Waals surface area contributed by atoms with Crippen LogP contribution in [0.5, 0.6) is 0 Å². The molecule has 0 aromatic heterocycles. The van der Waals surface area contributed by atoms with Crippen LogP contribution in [0.3, 0.4) is 0 Å². The van der Waals surface area contributed by atoms with E-state index in [1.165, 1.54) is 18.2 Å². The van der Waals surface area contributed by atoms with E-state index in [4.69, 9.17) is 0 Å². The minimum absolute atomic E-state index is 0.112. The molecule has 1 amide bonds. The van der Waals surface area contributed by atoms with Crippen molar-refractivity contribution in [3.63, 3.8) is 0 Å². The molecule has 0 saturated carbocycles. The Bertz CT molecular complexity index is 851. The normalized spacial score (nSPS) is 12.5. The molecule has 0 radical (unpaired) electrons. The largest absolute Gasteiger partial charge is 0.348 e. The lowest BCUT2D eigenvalue weighted by molar-refractivity contribution is -0.120. The van der Waals surface area contributed by atoms with Crippen LogP contribution in [0.4, 0.5) is 10.1 Å². The number of nitrogens with one attached hydrogen (secondary N) is 1. The van der Waals surface area contributed by atoms with E-state index in [9.17, 15) is 17.6 Å². The second-order valence-electron chi connectivity index (χ2n) is 5.95. The Kier molecular flexibility index (Phi) is 5.79. The Balaban J connectivity index is 2.13. The van der Waals surface area contributed by atoms with E-state index in [-0.39, 0.29) is 11.7 Å². The number of carbonyl (C=O) groups excluding carboxylic acids is 1. The fourth-order valence-corrected chi connectivity index (χ4v) is 3.24. The first-order valence-corrected chi connectivity index (χ1v) is 9.61. The van der Waals surface area contributed by atoms with Crippen LogP contribution in [0.25, 0.3) is 0 Å². The monoisotopic (exact) mass is 364 g/mol. The number of carbonyl (C=O) groups is 1. The van der Waals surface area contributed by atoms with Gasteiger partial charge in [-0.1, -0.05) is 35.9 Å². The van der Waals surface area contributed by atoms with Gasteiger partial charge in [0.25, 0.3) is 0 Å². The van der Waals surface area contributed by atoms with Gasteiger partial charge in [0.2, 0.25) is 15.9 Å². The van der Waals surface area contributed by atoms with Gasteiger partial charge in [-0.05, 0) is 37.6 Å². The third-order valence-corrected chi connectivity index (χ3v) is 4.88. The molecular formula is C18H21FN2O3S. The van der Waals surface area contributed by atoms with Crippen molar-refractivity contribution in [2.24, 2.45) is 0 Å². The molecule has 0 heterocycles. The zero-order valence-corrected chi connectivity index (χ0v) is 15.2. The number of sulfonamides is 1. The smallest absolute Gasteiger partial charge is 0.241 e. The van der Waals surface area contributed by atoms with Gasteiger partial charge in [0.1, 0.15) is 12.4 Å². The Labute approximate surface area is 147 Å². The van der Waals surface area contributed by atoms with E-state index < -0.39 is 28.3 Å². The molecule has 0 aliphatic carbocycles. The van der Waals surface area contributed by atoms with Crippen LogP contribution in [0, 0.1) is 12.7 Å². The van der Waals surface area contributed by atoms with Crippen molar-refractivity contribution in [2.45, 2.75) is 19.9 Å². The zero-order valence-electron chi connectivity index (χ0n) is 14.4. The molecule has 5 nitrogen and oxygen atoms in total. The van der Waals surface area contributed by atoms with Crippen molar-refractivity contribution in [1.82, 2.24) is 5.32 Å². The van der Waals surface area contributed by atoms with E-state index in [0.29, 0.717) is 0 Å². The highest BCUT2D eigenvalue weighted by Crippen LogP contribution is 2.19. The topological polar surface area (TPSA) is 66.5 Å². The Hall–Kier alpha value is -2.41. The summed E-state index contributed by atoms with van der Waals surface area (Å²) in [7, 11) is -3.73. The van der Waals surface area contributed by atoms with Gasteiger partial charge in [0.15, 0.2) is 0 Å². The summed E-state index contributed by atoms with van der Waals surface area (Å²) in [4.78, 5) is 12.3. The average Bonchev–Trinajstić information content (AvgIpc) is 2.52. The van der Waals surface area contributed by atoms with Crippen molar-refractivity contribution in [2.75, 3.05) is 17.1 Å². The van der Waals surface area contributed by atoms with Gasteiger partial charge in [0, 0.05) is 0 Å². The number of amides is 1. The minimum Gasteiger partial charge on any atom is -0.348 e. The van der Waals surface area contributed by atoms with Crippen molar-refractivity contribution < 1.29 is 17.6 Å². The van der Waals surface area contributed by atoms with E-state index in [1.54, 1.807) is 0 Å². The minimum atomic E-state index is -3.73. The molecule has 2 rings (SSSR count). The summed E-state index contributed by atoms with van der Waals surface area (Å²) in [6.45, 7) is 3.37. The van der Waals surface area contributed by atoms with Crippen LogP contribution < -0.4 is 9.62 Å². The van der Waals surface area contributed by atoms with Gasteiger partial charge < -0.3 is 5.32 Å². The summed E-state index contributed by atoms with van der Waals surface area (Å²) in [6.07, 6.45) is 0.981. The second-order valence-corrected chi connectivity index (χ2v) is 7.86. The summed E-state index contributed by atoms with van der Waals surface area (Å²) in [5.74, 6) is -1.04. The fraction of sp³-hybridized carbons (Fsp3) is 0.278. The average molecular weight is 364 g/mol. The highest BCUT2D eigenvalue weighted by Gasteiger charge is 2.22. The van der Waals surface area contributed by atoms with Crippen LogP contribution in [0.2, 0.25) is 0 Å². The molecule has 0 aliphatic heterocycles. The maximum Gasteiger partial charge on any atom is 0.241 e. The lowest BCUT2D eigenvalue weighted by Crippen LogP contribution is -2.41. The first-order chi connectivity index (χ1) is 11.7. The van der Waals surface area contributed by atoms with Crippen molar-refractivity contribution in [3.8, 4) is 0 Å². The number of nitrogens with zero attached hydrogens (tertiary/aromatic N) is 1. The van der Waals surface area contributed by atoms with Crippen molar-refractivity contribution in [3.05, 3.63) is 65.5 Å². The highest BCUT2D eigenvalue weighted by molar-refractivity contribution is 7.92. The molecule has 7 heteroatoms. The number of aryl methyl sites for hydroxylation is 1. The Morgan fingerprint density at radius 3 is 2.40 bits per heavy atom. The number of halogens is 1. The van der Waals surface area contributed by atoms with Gasteiger partial charge in [-0.25, -0.2) is 12.8 Å². The van der Waals surface area contributed by atoms with E-state index in [1.807, 2.05) is 38.1 Å². The van der Waals surface area contributed by atoms with Gasteiger partial charge >= 0.3 is 0 Å². The van der Waals surface area contributed by atoms with Crippen LogP contribution in [-0.2, 0) is 14.8 Å². The van der Waals surface area contributed by atoms with E-state index in [0.717, 1.165) is 27.8 Å². The summed E-state index contributed by atoms with van der Waals surface area (Å²) in [5, 5.41) is 2.76. The molecule has 1 atom stereocenters. The van der Waals surface area contributed by atoms with Crippen LogP contribution in [0.1, 0.15) is 24.1 Å². The summed E-state index contributed by atoms with van der Waals surface area (Å²) < 4.78 is 38.3. The molecule has 2 aromatic rings. The third kappa shape index (κ3) is 5.29. The molecule has 25 heavy (non-hydrogen) atoms. The number of benzene rings is 2. The van der Waals surface area contributed by atoms with E-state index in [2.05, 4.69) is 5.32 Å². The van der Waals surface area contributed by atoms with Gasteiger partial charge in [-0.3, -0.25) is 9.10 Å². The molecule has 134 valence electrons. The predicted octanol–water partition coefficient (Wildman–Crippen LogP) is 2.78. The van der Waals surface area contributed by atoms with Gasteiger partial charge in [-0.2, -0.15) is 0 Å². The lowest BCUT2D eigenvalue weighted by atomic mass is 10.1. The van der Waals surface area contributed by atoms with Crippen LogP contribution in [-0.4, -0.2) is 27.1 Å². The first kappa shape index (κ1) is 18.9. The van der Waals surface area contributed by atoms with Crippen LogP contribution >= 0.6 is 0 Å². The zero-order chi connectivity index (χ0) is 18.6. The number of anilines is 1. The van der Waals surface area contributed by atoms with Gasteiger partial charge in [-0.15, -0.1) is 0 Å². The van der Waals surface area contributed by atoms with E-state index >= 15 is 0 Å².